The van der Waals surface area contributed by atoms with Gasteiger partial charge in [0.2, 0.25) is 0 Å². The Morgan fingerprint density at radius 2 is 2.09 bits per heavy atom. The quantitative estimate of drug-likeness (QED) is 0.788. The molecule has 3 heterocycles. The van der Waals surface area contributed by atoms with Gasteiger partial charge >= 0.3 is 0 Å². The summed E-state index contributed by atoms with van der Waals surface area (Å²) in [5.41, 5.74) is 5.20. The summed E-state index contributed by atoms with van der Waals surface area (Å²) < 4.78 is 0. The number of carbonyl (C=O) groups excluding carboxylic acids is 1. The average Bonchev–Trinajstić information content (AvgIpc) is 2.84. The molecule has 1 aromatic carbocycles. The van der Waals surface area contributed by atoms with Crippen LogP contribution in [0.4, 0.5) is 0 Å². The number of aromatic amines is 1. The molecule has 0 radical (unpaired) electrons. The van der Waals surface area contributed by atoms with Crippen LogP contribution in [0.5, 0.6) is 0 Å². The van der Waals surface area contributed by atoms with Gasteiger partial charge in [-0.2, -0.15) is 0 Å². The number of nitrogens with zero attached hydrogens (tertiary/aromatic N) is 2. The second kappa shape index (κ2) is 5.23. The fourth-order valence-electron chi connectivity index (χ4n) is 3.29. The number of aryl methyl sites for hydroxylation is 2. The van der Waals surface area contributed by atoms with E-state index in [0.717, 1.165) is 35.2 Å². The highest BCUT2D eigenvalue weighted by molar-refractivity contribution is 6.01. The molecule has 4 nitrogen and oxygen atoms in total. The van der Waals surface area contributed by atoms with Crippen molar-refractivity contribution >= 4 is 16.8 Å². The number of pyridine rings is 1. The molecule has 0 bridgehead atoms. The van der Waals surface area contributed by atoms with Gasteiger partial charge in [0.1, 0.15) is 5.69 Å². The van der Waals surface area contributed by atoms with E-state index in [0.29, 0.717) is 5.92 Å². The molecule has 0 saturated carbocycles. The van der Waals surface area contributed by atoms with Crippen LogP contribution in [0.1, 0.15) is 33.1 Å². The van der Waals surface area contributed by atoms with Gasteiger partial charge in [-0.1, -0.05) is 17.7 Å². The molecule has 23 heavy (non-hydrogen) atoms. The van der Waals surface area contributed by atoms with Crippen molar-refractivity contribution in [3.05, 3.63) is 65.1 Å². The number of aromatic nitrogens is 2. The third-order valence-electron chi connectivity index (χ3n) is 4.75. The molecule has 3 aromatic rings. The zero-order valence-corrected chi connectivity index (χ0v) is 13.3. The zero-order chi connectivity index (χ0) is 16.0. The van der Waals surface area contributed by atoms with Gasteiger partial charge < -0.3 is 9.88 Å². The normalized spacial score (nSPS) is 15.0. The second-order valence-corrected chi connectivity index (χ2v) is 6.37. The first kappa shape index (κ1) is 14.0. The van der Waals surface area contributed by atoms with Crippen molar-refractivity contribution in [1.29, 1.82) is 0 Å². The molecule has 2 aromatic heterocycles. The van der Waals surface area contributed by atoms with Gasteiger partial charge in [0, 0.05) is 42.3 Å². The zero-order valence-electron chi connectivity index (χ0n) is 13.3. The SMILES string of the molecule is Cc1ccc2[nH]c(C(=O)N3CC(c4cccnc4)C3)c(C)c2c1. The molecule has 1 N–H and O–H groups in total. The molecular formula is C19H19N3O. The van der Waals surface area contributed by atoms with Crippen molar-refractivity contribution in [2.45, 2.75) is 19.8 Å². The van der Waals surface area contributed by atoms with Crippen LogP contribution in [-0.2, 0) is 0 Å². The number of benzene rings is 1. The third kappa shape index (κ3) is 2.31. The fraction of sp³-hybridized carbons (Fsp3) is 0.263. The summed E-state index contributed by atoms with van der Waals surface area (Å²) in [7, 11) is 0. The number of nitrogens with one attached hydrogen (secondary N) is 1. The number of hydrogen-bond acceptors (Lipinski definition) is 2. The minimum absolute atomic E-state index is 0.0940. The van der Waals surface area contributed by atoms with Crippen LogP contribution in [0.25, 0.3) is 10.9 Å². The molecule has 1 saturated heterocycles. The van der Waals surface area contributed by atoms with E-state index < -0.39 is 0 Å². The minimum Gasteiger partial charge on any atom is -0.350 e. The van der Waals surface area contributed by atoms with Crippen molar-refractivity contribution in [2.24, 2.45) is 0 Å². The van der Waals surface area contributed by atoms with Gasteiger partial charge in [-0.3, -0.25) is 9.78 Å². The number of fused-ring (bicyclic) bond motifs is 1. The van der Waals surface area contributed by atoms with E-state index in [-0.39, 0.29) is 5.91 Å². The highest BCUT2D eigenvalue weighted by Crippen LogP contribution is 2.30. The summed E-state index contributed by atoms with van der Waals surface area (Å²) in [4.78, 5) is 22.1. The molecular weight excluding hydrogens is 286 g/mol. The van der Waals surface area contributed by atoms with Gasteiger partial charge in [-0.05, 0) is 43.2 Å². The standard InChI is InChI=1S/C19H19N3O/c1-12-5-6-17-16(8-12)13(2)18(21-17)19(23)22-10-15(11-22)14-4-3-7-20-9-14/h3-9,15,21H,10-11H2,1-2H3. The summed E-state index contributed by atoms with van der Waals surface area (Å²) >= 11 is 0. The van der Waals surface area contributed by atoms with Crippen molar-refractivity contribution < 1.29 is 4.79 Å². The number of amides is 1. The number of likely N-dealkylation sites (tertiary alicyclic amines) is 1. The molecule has 0 aliphatic carbocycles. The third-order valence-corrected chi connectivity index (χ3v) is 4.75. The summed E-state index contributed by atoms with van der Waals surface area (Å²) in [6.45, 7) is 5.61. The lowest BCUT2D eigenvalue weighted by Gasteiger charge is -2.39. The Kier molecular flexibility index (Phi) is 3.18. The number of rotatable bonds is 2. The van der Waals surface area contributed by atoms with E-state index in [1.807, 2.05) is 30.2 Å². The Bertz CT molecular complexity index is 876. The highest BCUT2D eigenvalue weighted by Gasteiger charge is 2.33. The average molecular weight is 305 g/mol. The minimum atomic E-state index is 0.0940. The summed E-state index contributed by atoms with van der Waals surface area (Å²) in [6, 6.07) is 10.3. The van der Waals surface area contributed by atoms with E-state index in [1.165, 1.54) is 11.1 Å². The smallest absolute Gasteiger partial charge is 0.270 e. The van der Waals surface area contributed by atoms with Crippen LogP contribution in [0.15, 0.2) is 42.7 Å². The molecule has 1 amide bonds. The van der Waals surface area contributed by atoms with Gasteiger partial charge in [-0.25, -0.2) is 0 Å². The van der Waals surface area contributed by atoms with E-state index >= 15 is 0 Å². The molecule has 4 rings (SSSR count). The summed E-state index contributed by atoms with van der Waals surface area (Å²) in [5, 5.41) is 1.14. The van der Waals surface area contributed by atoms with Crippen molar-refractivity contribution in [2.75, 3.05) is 13.1 Å². The van der Waals surface area contributed by atoms with Crippen molar-refractivity contribution in [1.82, 2.24) is 14.9 Å². The molecule has 0 unspecified atom stereocenters. The van der Waals surface area contributed by atoms with E-state index in [9.17, 15) is 4.79 Å². The molecule has 1 aliphatic rings. The summed E-state index contributed by atoms with van der Waals surface area (Å²) in [5.74, 6) is 0.496. The lowest BCUT2D eigenvalue weighted by Crippen LogP contribution is -2.48. The fourth-order valence-corrected chi connectivity index (χ4v) is 3.29. The molecule has 4 heteroatoms. The predicted molar refractivity (Wildman–Crippen MR) is 90.7 cm³/mol. The molecule has 1 fully saturated rings. The van der Waals surface area contributed by atoms with Crippen LogP contribution >= 0.6 is 0 Å². The maximum absolute atomic E-state index is 12.8. The maximum Gasteiger partial charge on any atom is 0.270 e. The predicted octanol–water partition coefficient (Wildman–Crippen LogP) is 3.42. The Labute approximate surface area is 135 Å². The molecule has 1 aliphatic heterocycles. The highest BCUT2D eigenvalue weighted by atomic mass is 16.2. The Morgan fingerprint density at radius 1 is 1.26 bits per heavy atom. The van der Waals surface area contributed by atoms with Crippen molar-refractivity contribution in [3.63, 3.8) is 0 Å². The summed E-state index contributed by atoms with van der Waals surface area (Å²) in [6.07, 6.45) is 3.67. The van der Waals surface area contributed by atoms with Crippen LogP contribution < -0.4 is 0 Å². The Morgan fingerprint density at radius 3 is 2.83 bits per heavy atom. The monoisotopic (exact) mass is 305 g/mol. The van der Waals surface area contributed by atoms with E-state index in [4.69, 9.17) is 0 Å². The van der Waals surface area contributed by atoms with E-state index in [2.05, 4.69) is 35.1 Å². The van der Waals surface area contributed by atoms with Crippen molar-refractivity contribution in [3.8, 4) is 0 Å². The number of carbonyl (C=O) groups is 1. The van der Waals surface area contributed by atoms with Gasteiger partial charge in [0.25, 0.3) is 5.91 Å². The Hall–Kier alpha value is -2.62. The van der Waals surface area contributed by atoms with Gasteiger partial charge in [-0.15, -0.1) is 0 Å². The van der Waals surface area contributed by atoms with E-state index in [1.54, 1.807) is 6.20 Å². The van der Waals surface area contributed by atoms with Crippen LogP contribution in [-0.4, -0.2) is 33.9 Å². The van der Waals surface area contributed by atoms with Crippen LogP contribution in [0.3, 0.4) is 0 Å². The van der Waals surface area contributed by atoms with Gasteiger partial charge in [0.05, 0.1) is 0 Å². The number of hydrogen-bond donors (Lipinski definition) is 1. The first-order valence-corrected chi connectivity index (χ1v) is 7.91. The first-order chi connectivity index (χ1) is 11.1. The van der Waals surface area contributed by atoms with Crippen LogP contribution in [0.2, 0.25) is 0 Å². The number of H-pyrrole nitrogens is 1. The molecule has 116 valence electrons. The lowest BCUT2D eigenvalue weighted by atomic mass is 9.92. The maximum atomic E-state index is 12.8. The lowest BCUT2D eigenvalue weighted by molar-refractivity contribution is 0.0596. The Balaban J connectivity index is 1.56. The van der Waals surface area contributed by atoms with Crippen LogP contribution in [0, 0.1) is 13.8 Å². The first-order valence-electron chi connectivity index (χ1n) is 7.91. The van der Waals surface area contributed by atoms with Gasteiger partial charge in [0.15, 0.2) is 0 Å². The molecule has 0 atom stereocenters. The molecule has 0 spiro atoms. The largest absolute Gasteiger partial charge is 0.350 e. The second-order valence-electron chi connectivity index (χ2n) is 6.37. The topological polar surface area (TPSA) is 49.0 Å².